The van der Waals surface area contributed by atoms with E-state index in [1.807, 2.05) is 18.2 Å². The van der Waals surface area contributed by atoms with Crippen molar-refractivity contribution in [1.82, 2.24) is 25.4 Å². The summed E-state index contributed by atoms with van der Waals surface area (Å²) in [6.07, 6.45) is 3.26. The monoisotopic (exact) mass is 465 g/mol. The molecular weight excluding hydrogens is 436 g/mol. The summed E-state index contributed by atoms with van der Waals surface area (Å²) in [7, 11) is 8.29. The third-order valence-electron chi connectivity index (χ3n) is 6.15. The van der Waals surface area contributed by atoms with Crippen molar-refractivity contribution in [3.63, 3.8) is 0 Å². The van der Waals surface area contributed by atoms with Gasteiger partial charge in [0, 0.05) is 81.5 Å². The van der Waals surface area contributed by atoms with Crippen molar-refractivity contribution in [3.05, 3.63) is 72.7 Å². The fourth-order valence-electron chi connectivity index (χ4n) is 4.21. The van der Waals surface area contributed by atoms with Crippen molar-refractivity contribution in [2.45, 2.75) is 19.4 Å². The maximum atomic E-state index is 4.30. The smallest absolute Gasteiger partial charge is 0.221 e. The Labute approximate surface area is 204 Å². The van der Waals surface area contributed by atoms with E-state index in [9.17, 15) is 0 Å². The third kappa shape index (κ3) is 4.73. The molecule has 0 saturated heterocycles. The van der Waals surface area contributed by atoms with Crippen LogP contribution in [0.25, 0.3) is 33.3 Å². The number of rotatable bonds is 7. The summed E-state index contributed by atoms with van der Waals surface area (Å²) in [6, 6.07) is 21.1. The van der Waals surface area contributed by atoms with Crippen LogP contribution in [0.15, 0.2) is 66.9 Å². The van der Waals surface area contributed by atoms with Gasteiger partial charge >= 0.3 is 0 Å². The van der Waals surface area contributed by atoms with Gasteiger partial charge in [-0.25, -0.2) is 0 Å². The molecule has 3 aromatic heterocycles. The SMILES string of the molecule is CN(C)c1ccc2cc3ccc(N(C)C)cc3[n+](CCCc3nnc(-c4ccccn4)nn3)c2c1. The van der Waals surface area contributed by atoms with E-state index in [-0.39, 0.29) is 0 Å². The summed E-state index contributed by atoms with van der Waals surface area (Å²) in [5, 5.41) is 19.5. The first kappa shape index (κ1) is 22.6. The van der Waals surface area contributed by atoms with Crippen LogP contribution in [0.5, 0.6) is 0 Å². The summed E-state index contributed by atoms with van der Waals surface area (Å²) >= 11 is 0. The van der Waals surface area contributed by atoms with Crippen LogP contribution >= 0.6 is 0 Å². The highest BCUT2D eigenvalue weighted by molar-refractivity contribution is 5.91. The van der Waals surface area contributed by atoms with Gasteiger partial charge in [-0.2, -0.15) is 4.57 Å². The zero-order valence-electron chi connectivity index (χ0n) is 20.5. The van der Waals surface area contributed by atoms with Gasteiger partial charge in [-0.3, -0.25) is 4.98 Å². The molecular formula is C27H29N8+. The predicted molar refractivity (Wildman–Crippen MR) is 139 cm³/mol. The average Bonchev–Trinajstić information content (AvgIpc) is 2.88. The minimum atomic E-state index is 0.441. The minimum absolute atomic E-state index is 0.441. The lowest BCUT2D eigenvalue weighted by Gasteiger charge is -2.15. The summed E-state index contributed by atoms with van der Waals surface area (Å²) in [4.78, 5) is 8.54. The van der Waals surface area contributed by atoms with Gasteiger partial charge in [0.1, 0.15) is 12.2 Å². The van der Waals surface area contributed by atoms with Gasteiger partial charge in [-0.05, 0) is 42.5 Å². The third-order valence-corrected chi connectivity index (χ3v) is 6.15. The number of hydrogen-bond acceptors (Lipinski definition) is 7. The van der Waals surface area contributed by atoms with E-state index in [1.54, 1.807) is 6.20 Å². The molecule has 3 heterocycles. The zero-order chi connectivity index (χ0) is 24.4. The largest absolute Gasteiger partial charge is 0.377 e. The Morgan fingerprint density at radius 3 is 1.89 bits per heavy atom. The van der Waals surface area contributed by atoms with E-state index in [1.165, 1.54) is 33.2 Å². The highest BCUT2D eigenvalue weighted by Crippen LogP contribution is 2.25. The maximum absolute atomic E-state index is 4.30. The van der Waals surface area contributed by atoms with E-state index >= 15 is 0 Å². The number of aromatic nitrogens is 6. The van der Waals surface area contributed by atoms with Gasteiger partial charge in [0.2, 0.25) is 16.9 Å². The molecule has 8 nitrogen and oxygen atoms in total. The summed E-state index contributed by atoms with van der Waals surface area (Å²) in [5.41, 5.74) is 5.45. The first-order chi connectivity index (χ1) is 17.0. The number of nitrogens with zero attached hydrogens (tertiary/aromatic N) is 8. The molecule has 176 valence electrons. The highest BCUT2D eigenvalue weighted by Gasteiger charge is 2.18. The van der Waals surface area contributed by atoms with Gasteiger partial charge in [0.25, 0.3) is 0 Å². The van der Waals surface area contributed by atoms with Crippen molar-refractivity contribution in [3.8, 4) is 11.5 Å². The summed E-state index contributed by atoms with van der Waals surface area (Å²) in [6.45, 7) is 0.826. The van der Waals surface area contributed by atoms with E-state index in [4.69, 9.17) is 0 Å². The van der Waals surface area contributed by atoms with Gasteiger partial charge < -0.3 is 9.80 Å². The second-order valence-electron chi connectivity index (χ2n) is 9.03. The van der Waals surface area contributed by atoms with Crippen LogP contribution in [0, 0.1) is 0 Å². The lowest BCUT2D eigenvalue weighted by atomic mass is 10.1. The van der Waals surface area contributed by atoms with Crippen molar-refractivity contribution in [2.75, 3.05) is 38.0 Å². The lowest BCUT2D eigenvalue weighted by Crippen LogP contribution is -2.36. The standard InChI is InChI=1S/C27H29N8/c1-33(2)21-12-10-19-16-20-11-13-22(34(3)4)18-25(20)35(24(19)17-21)15-7-9-26-29-31-27(32-30-26)23-8-5-6-14-28-23/h5-6,8,10-14,16-18H,7,9,15H2,1-4H3/q+1. The fourth-order valence-corrected chi connectivity index (χ4v) is 4.21. The van der Waals surface area contributed by atoms with Crippen LogP contribution in [-0.2, 0) is 13.0 Å². The highest BCUT2D eigenvalue weighted by atomic mass is 15.3. The van der Waals surface area contributed by atoms with Crippen LogP contribution < -0.4 is 14.4 Å². The molecule has 0 unspecified atom stereocenters. The second-order valence-corrected chi connectivity index (χ2v) is 9.03. The van der Waals surface area contributed by atoms with Crippen LogP contribution in [0.4, 0.5) is 11.4 Å². The maximum Gasteiger partial charge on any atom is 0.221 e. The van der Waals surface area contributed by atoms with E-state index in [0.717, 1.165) is 13.0 Å². The van der Waals surface area contributed by atoms with Crippen LogP contribution in [0.1, 0.15) is 12.2 Å². The van der Waals surface area contributed by atoms with Crippen LogP contribution in [0.3, 0.4) is 0 Å². The summed E-state index contributed by atoms with van der Waals surface area (Å²) in [5.74, 6) is 1.08. The molecule has 2 aromatic carbocycles. The topological polar surface area (TPSA) is 74.8 Å². The molecule has 0 aliphatic carbocycles. The Hall–Kier alpha value is -4.20. The second kappa shape index (κ2) is 9.58. The number of fused-ring (bicyclic) bond motifs is 2. The molecule has 0 aliphatic rings. The van der Waals surface area contributed by atoms with Crippen molar-refractivity contribution < 1.29 is 4.57 Å². The van der Waals surface area contributed by atoms with Crippen LogP contribution in [0.2, 0.25) is 0 Å². The Kier molecular flexibility index (Phi) is 6.18. The van der Waals surface area contributed by atoms with Gasteiger partial charge in [0.15, 0.2) is 5.82 Å². The molecule has 8 heteroatoms. The van der Waals surface area contributed by atoms with E-state index in [2.05, 4.69) is 110 Å². The molecule has 0 saturated carbocycles. The fraction of sp³-hybridized carbons (Fsp3) is 0.259. The molecule has 0 spiro atoms. The van der Waals surface area contributed by atoms with Crippen molar-refractivity contribution in [1.29, 1.82) is 0 Å². The van der Waals surface area contributed by atoms with E-state index in [0.29, 0.717) is 23.8 Å². The Morgan fingerprint density at radius 2 is 1.34 bits per heavy atom. The minimum Gasteiger partial charge on any atom is -0.377 e. The molecule has 0 amide bonds. The number of aryl methyl sites for hydroxylation is 2. The van der Waals surface area contributed by atoms with Crippen molar-refractivity contribution in [2.24, 2.45) is 0 Å². The average molecular weight is 466 g/mol. The first-order valence-electron chi connectivity index (χ1n) is 11.7. The van der Waals surface area contributed by atoms with Gasteiger partial charge in [0.05, 0.1) is 0 Å². The Balaban J connectivity index is 1.46. The summed E-state index contributed by atoms with van der Waals surface area (Å²) < 4.78 is 2.41. The number of anilines is 2. The van der Waals surface area contributed by atoms with Gasteiger partial charge in [-0.15, -0.1) is 20.4 Å². The molecule has 0 atom stereocenters. The normalized spacial score (nSPS) is 11.2. The molecule has 0 radical (unpaired) electrons. The number of pyridine rings is 2. The predicted octanol–water partition coefficient (Wildman–Crippen LogP) is 3.69. The van der Waals surface area contributed by atoms with E-state index < -0.39 is 0 Å². The zero-order valence-corrected chi connectivity index (χ0v) is 20.5. The lowest BCUT2D eigenvalue weighted by molar-refractivity contribution is -0.645. The number of benzene rings is 2. The van der Waals surface area contributed by atoms with Crippen molar-refractivity contribution >= 4 is 33.2 Å². The number of hydrogen-bond donors (Lipinski definition) is 0. The molecule has 0 aliphatic heterocycles. The first-order valence-corrected chi connectivity index (χ1v) is 11.7. The Bertz CT molecular complexity index is 1400. The quantitative estimate of drug-likeness (QED) is 0.268. The molecule has 0 fully saturated rings. The molecule has 0 bridgehead atoms. The Morgan fingerprint density at radius 1 is 0.714 bits per heavy atom. The molecule has 35 heavy (non-hydrogen) atoms. The molecule has 0 N–H and O–H groups in total. The molecule has 5 rings (SSSR count). The van der Waals surface area contributed by atoms with Gasteiger partial charge in [-0.1, -0.05) is 6.07 Å². The van der Waals surface area contributed by atoms with Crippen LogP contribution in [-0.4, -0.2) is 53.6 Å². The molecule has 5 aromatic rings.